The molecule has 4 heteroatoms. The van der Waals surface area contributed by atoms with Crippen molar-refractivity contribution in [1.29, 1.82) is 0 Å². The number of nitrogens with zero attached hydrogens (tertiary/aromatic N) is 1. The topological polar surface area (TPSA) is 37.6 Å². The first-order valence-corrected chi connectivity index (χ1v) is 7.93. The van der Waals surface area contributed by atoms with Crippen molar-refractivity contribution in [2.24, 2.45) is 0 Å². The molecule has 114 valence electrons. The van der Waals surface area contributed by atoms with Crippen LogP contribution in [0.1, 0.15) is 44.4 Å². The maximum Gasteiger partial charge on any atom is 0.122 e. The molecule has 0 saturated carbocycles. The quantitative estimate of drug-likeness (QED) is 0.706. The van der Waals surface area contributed by atoms with Gasteiger partial charge in [-0.05, 0) is 38.4 Å². The molecule has 1 aromatic heterocycles. The van der Waals surface area contributed by atoms with Crippen LogP contribution in [0.2, 0.25) is 0 Å². The number of hydrogen-bond acceptors (Lipinski definition) is 4. The van der Waals surface area contributed by atoms with Gasteiger partial charge < -0.3 is 14.5 Å². The maximum atomic E-state index is 5.74. The Hall–Kier alpha value is -0.840. The first-order chi connectivity index (χ1) is 9.83. The van der Waals surface area contributed by atoms with Gasteiger partial charge in [0.15, 0.2) is 0 Å². The summed E-state index contributed by atoms with van der Waals surface area (Å²) < 4.78 is 11.3. The van der Waals surface area contributed by atoms with Gasteiger partial charge in [0.2, 0.25) is 0 Å². The van der Waals surface area contributed by atoms with Gasteiger partial charge >= 0.3 is 0 Å². The Labute approximate surface area is 122 Å². The van der Waals surface area contributed by atoms with Gasteiger partial charge in [-0.15, -0.1) is 0 Å². The van der Waals surface area contributed by atoms with Crippen LogP contribution in [-0.2, 0) is 17.8 Å². The maximum absolute atomic E-state index is 5.74. The highest BCUT2D eigenvalue weighted by Gasteiger charge is 2.19. The minimum Gasteiger partial charge on any atom is -0.468 e. The summed E-state index contributed by atoms with van der Waals surface area (Å²) in [6.45, 7) is 10.2. The van der Waals surface area contributed by atoms with Gasteiger partial charge in [0.1, 0.15) is 5.76 Å². The molecule has 1 atom stereocenters. The third-order valence-electron chi connectivity index (χ3n) is 3.88. The summed E-state index contributed by atoms with van der Waals surface area (Å²) in [5.41, 5.74) is 1.30. The first kappa shape index (κ1) is 15.5. The molecule has 1 aliphatic heterocycles. The highest BCUT2D eigenvalue weighted by atomic mass is 16.5. The van der Waals surface area contributed by atoms with Crippen molar-refractivity contribution in [2.75, 3.05) is 26.2 Å². The van der Waals surface area contributed by atoms with Crippen LogP contribution in [0.3, 0.4) is 0 Å². The van der Waals surface area contributed by atoms with E-state index in [4.69, 9.17) is 9.15 Å². The van der Waals surface area contributed by atoms with Crippen LogP contribution in [0.15, 0.2) is 16.7 Å². The summed E-state index contributed by atoms with van der Waals surface area (Å²) in [6.07, 6.45) is 5.78. The van der Waals surface area contributed by atoms with Crippen LogP contribution in [0, 0.1) is 0 Å². The second kappa shape index (κ2) is 8.45. The lowest BCUT2D eigenvalue weighted by Gasteiger charge is -2.23. The largest absolute Gasteiger partial charge is 0.468 e. The standard InChI is InChI=1S/C16H28N2O2/c1-3-8-17-11-16-14(7-10-20-16)12-18(4-2)13-15-6-5-9-19-15/h7,10,15,17H,3-6,8-9,11-13H2,1-2H3. The average molecular weight is 280 g/mol. The van der Waals surface area contributed by atoms with Gasteiger partial charge in [0.05, 0.1) is 18.9 Å². The minimum atomic E-state index is 0.420. The summed E-state index contributed by atoms with van der Waals surface area (Å²) in [5.74, 6) is 1.07. The number of hydrogen-bond donors (Lipinski definition) is 1. The van der Waals surface area contributed by atoms with E-state index in [1.807, 2.05) is 0 Å². The van der Waals surface area contributed by atoms with Crippen LogP contribution in [0.25, 0.3) is 0 Å². The van der Waals surface area contributed by atoms with Gasteiger partial charge in [-0.2, -0.15) is 0 Å². The summed E-state index contributed by atoms with van der Waals surface area (Å²) >= 11 is 0. The van der Waals surface area contributed by atoms with E-state index in [2.05, 4.69) is 30.1 Å². The zero-order valence-corrected chi connectivity index (χ0v) is 12.9. The monoisotopic (exact) mass is 280 g/mol. The molecule has 0 amide bonds. The molecule has 20 heavy (non-hydrogen) atoms. The second-order valence-electron chi connectivity index (χ2n) is 5.51. The first-order valence-electron chi connectivity index (χ1n) is 7.93. The van der Waals surface area contributed by atoms with Crippen LogP contribution in [-0.4, -0.2) is 37.2 Å². The van der Waals surface area contributed by atoms with E-state index in [9.17, 15) is 0 Å². The van der Waals surface area contributed by atoms with Crippen LogP contribution >= 0.6 is 0 Å². The highest BCUT2D eigenvalue weighted by Crippen LogP contribution is 2.17. The predicted molar refractivity (Wildman–Crippen MR) is 80.6 cm³/mol. The third kappa shape index (κ3) is 4.62. The van der Waals surface area contributed by atoms with Gasteiger partial charge in [0, 0.05) is 25.3 Å². The van der Waals surface area contributed by atoms with Gasteiger partial charge in [-0.3, -0.25) is 4.90 Å². The molecule has 0 aromatic carbocycles. The van der Waals surface area contributed by atoms with E-state index in [0.717, 1.165) is 51.5 Å². The summed E-state index contributed by atoms with van der Waals surface area (Å²) in [7, 11) is 0. The van der Waals surface area contributed by atoms with Crippen LogP contribution < -0.4 is 5.32 Å². The molecule has 2 heterocycles. The Kier molecular flexibility index (Phi) is 6.57. The molecule has 0 spiro atoms. The highest BCUT2D eigenvalue weighted by molar-refractivity contribution is 5.16. The van der Waals surface area contributed by atoms with Crippen molar-refractivity contribution < 1.29 is 9.15 Å². The summed E-state index contributed by atoms with van der Waals surface area (Å²) in [6, 6.07) is 2.10. The van der Waals surface area contributed by atoms with Gasteiger partial charge in [-0.25, -0.2) is 0 Å². The number of furan rings is 1. The third-order valence-corrected chi connectivity index (χ3v) is 3.88. The van der Waals surface area contributed by atoms with Crippen molar-refractivity contribution in [3.05, 3.63) is 23.7 Å². The van der Waals surface area contributed by atoms with Crippen LogP contribution in [0.5, 0.6) is 0 Å². The lowest BCUT2D eigenvalue weighted by atomic mass is 10.2. The summed E-state index contributed by atoms with van der Waals surface area (Å²) in [5, 5.41) is 3.41. The molecule has 1 saturated heterocycles. The van der Waals surface area contributed by atoms with E-state index in [-0.39, 0.29) is 0 Å². The molecular formula is C16H28N2O2. The molecule has 0 aliphatic carbocycles. The predicted octanol–water partition coefficient (Wildman–Crippen LogP) is 2.78. The van der Waals surface area contributed by atoms with Crippen LogP contribution in [0.4, 0.5) is 0 Å². The zero-order valence-electron chi connectivity index (χ0n) is 12.9. The molecule has 1 fully saturated rings. The average Bonchev–Trinajstić information content (AvgIpc) is 3.10. The fourth-order valence-corrected chi connectivity index (χ4v) is 2.66. The van der Waals surface area contributed by atoms with Gasteiger partial charge in [0.25, 0.3) is 0 Å². The van der Waals surface area contributed by atoms with E-state index < -0.39 is 0 Å². The molecule has 1 unspecified atom stereocenters. The molecular weight excluding hydrogens is 252 g/mol. The number of likely N-dealkylation sites (N-methyl/N-ethyl adjacent to an activating group) is 1. The van der Waals surface area contributed by atoms with E-state index in [1.54, 1.807) is 6.26 Å². The van der Waals surface area contributed by atoms with Crippen molar-refractivity contribution in [3.8, 4) is 0 Å². The molecule has 1 aromatic rings. The Morgan fingerprint density at radius 2 is 2.30 bits per heavy atom. The Morgan fingerprint density at radius 1 is 1.40 bits per heavy atom. The molecule has 0 bridgehead atoms. The zero-order chi connectivity index (χ0) is 14.2. The Bertz CT molecular complexity index is 372. The minimum absolute atomic E-state index is 0.420. The molecule has 1 N–H and O–H groups in total. The van der Waals surface area contributed by atoms with E-state index in [1.165, 1.54) is 18.4 Å². The molecule has 0 radical (unpaired) electrons. The lowest BCUT2D eigenvalue weighted by molar-refractivity contribution is 0.0723. The molecule has 1 aliphatic rings. The fourth-order valence-electron chi connectivity index (χ4n) is 2.66. The van der Waals surface area contributed by atoms with E-state index >= 15 is 0 Å². The molecule has 2 rings (SSSR count). The number of nitrogens with one attached hydrogen (secondary N) is 1. The van der Waals surface area contributed by atoms with Crippen molar-refractivity contribution in [2.45, 2.75) is 52.3 Å². The molecule has 4 nitrogen and oxygen atoms in total. The van der Waals surface area contributed by atoms with Crippen molar-refractivity contribution >= 4 is 0 Å². The van der Waals surface area contributed by atoms with Crippen molar-refractivity contribution in [3.63, 3.8) is 0 Å². The lowest BCUT2D eigenvalue weighted by Crippen LogP contribution is -2.32. The Morgan fingerprint density at radius 3 is 3.00 bits per heavy atom. The fraction of sp³-hybridized carbons (Fsp3) is 0.750. The van der Waals surface area contributed by atoms with Gasteiger partial charge in [-0.1, -0.05) is 13.8 Å². The Balaban J connectivity index is 1.84. The SMILES string of the molecule is CCCNCc1occc1CN(CC)CC1CCCO1. The van der Waals surface area contributed by atoms with Crippen molar-refractivity contribution in [1.82, 2.24) is 10.2 Å². The number of ether oxygens (including phenoxy) is 1. The second-order valence-corrected chi connectivity index (χ2v) is 5.51. The van der Waals surface area contributed by atoms with E-state index in [0.29, 0.717) is 6.10 Å². The smallest absolute Gasteiger partial charge is 0.122 e. The normalized spacial score (nSPS) is 19.1. The number of rotatable bonds is 9. The summed E-state index contributed by atoms with van der Waals surface area (Å²) in [4.78, 5) is 2.45.